The normalized spacial score (nSPS) is 14.6. The highest BCUT2D eigenvalue weighted by atomic mass is 32.1. The number of thiophene rings is 1. The number of nitrogens with two attached hydrogens (primary N) is 1. The molecule has 0 aliphatic heterocycles. The maximum absolute atomic E-state index is 10.3. The van der Waals surface area contributed by atoms with Crippen molar-refractivity contribution in [2.75, 3.05) is 6.54 Å². The molecule has 0 amide bonds. The molecule has 0 bridgehead atoms. The summed E-state index contributed by atoms with van der Waals surface area (Å²) >= 11 is 1.56. The van der Waals surface area contributed by atoms with Crippen molar-refractivity contribution in [1.82, 2.24) is 0 Å². The summed E-state index contributed by atoms with van der Waals surface area (Å²) in [7, 11) is 0. The molecule has 0 spiro atoms. The zero-order valence-corrected chi connectivity index (χ0v) is 9.73. The van der Waals surface area contributed by atoms with E-state index in [1.165, 1.54) is 0 Å². The van der Waals surface area contributed by atoms with Crippen molar-refractivity contribution in [3.05, 3.63) is 58.3 Å². The molecule has 0 radical (unpaired) electrons. The number of benzene rings is 1. The van der Waals surface area contributed by atoms with Crippen LogP contribution >= 0.6 is 11.3 Å². The summed E-state index contributed by atoms with van der Waals surface area (Å²) < 4.78 is 0. The van der Waals surface area contributed by atoms with Gasteiger partial charge in [0.2, 0.25) is 0 Å². The van der Waals surface area contributed by atoms with Gasteiger partial charge in [0.05, 0.1) is 6.10 Å². The average molecular weight is 233 g/mol. The second-order valence-corrected chi connectivity index (χ2v) is 4.69. The summed E-state index contributed by atoms with van der Waals surface area (Å²) in [5.41, 5.74) is 6.85. The molecule has 1 aromatic heterocycles. The SMILES string of the molecule is NCC(c1ccccc1)C(O)c1cccs1. The predicted octanol–water partition coefficient (Wildman–Crippen LogP) is 2.52. The van der Waals surface area contributed by atoms with E-state index in [9.17, 15) is 5.11 Å². The summed E-state index contributed by atoms with van der Waals surface area (Å²) in [6.45, 7) is 0.448. The molecular formula is C13H15NOS. The first-order valence-electron chi connectivity index (χ1n) is 5.29. The Bertz CT molecular complexity index is 413. The van der Waals surface area contributed by atoms with E-state index in [1.54, 1.807) is 11.3 Å². The van der Waals surface area contributed by atoms with Crippen molar-refractivity contribution in [3.8, 4) is 0 Å². The van der Waals surface area contributed by atoms with E-state index in [2.05, 4.69) is 0 Å². The number of aliphatic hydroxyl groups is 1. The summed E-state index contributed by atoms with van der Waals surface area (Å²) in [6.07, 6.45) is -0.507. The van der Waals surface area contributed by atoms with Crippen molar-refractivity contribution in [2.45, 2.75) is 12.0 Å². The highest BCUT2D eigenvalue weighted by Crippen LogP contribution is 2.32. The predicted molar refractivity (Wildman–Crippen MR) is 67.5 cm³/mol. The fraction of sp³-hybridized carbons (Fsp3) is 0.231. The smallest absolute Gasteiger partial charge is 0.0962 e. The molecule has 84 valence electrons. The van der Waals surface area contributed by atoms with Crippen molar-refractivity contribution >= 4 is 11.3 Å². The van der Waals surface area contributed by atoms with Crippen LogP contribution < -0.4 is 5.73 Å². The molecule has 2 atom stereocenters. The Hall–Kier alpha value is -1.16. The third-order valence-electron chi connectivity index (χ3n) is 2.70. The van der Waals surface area contributed by atoms with Crippen LogP contribution in [0.1, 0.15) is 22.5 Å². The number of aliphatic hydroxyl groups excluding tert-OH is 1. The Balaban J connectivity index is 2.23. The molecule has 1 aromatic carbocycles. The molecule has 2 nitrogen and oxygen atoms in total. The maximum Gasteiger partial charge on any atom is 0.0962 e. The minimum absolute atomic E-state index is 0.0279. The molecule has 3 N–H and O–H groups in total. The first-order valence-corrected chi connectivity index (χ1v) is 6.17. The van der Waals surface area contributed by atoms with Crippen LogP contribution in [0, 0.1) is 0 Å². The molecule has 0 saturated carbocycles. The van der Waals surface area contributed by atoms with Crippen LogP contribution in [0.25, 0.3) is 0 Å². The number of rotatable bonds is 4. The van der Waals surface area contributed by atoms with Gasteiger partial charge in [-0.2, -0.15) is 0 Å². The standard InChI is InChI=1S/C13H15NOS/c14-9-11(10-5-2-1-3-6-10)13(15)12-7-4-8-16-12/h1-8,11,13,15H,9,14H2. The molecule has 0 fully saturated rings. The Labute approximate surface area is 99.4 Å². The van der Waals surface area contributed by atoms with Crippen LogP contribution in [-0.4, -0.2) is 11.7 Å². The summed E-state index contributed by atoms with van der Waals surface area (Å²) in [5.74, 6) is -0.0279. The van der Waals surface area contributed by atoms with E-state index in [4.69, 9.17) is 5.73 Å². The molecular weight excluding hydrogens is 218 g/mol. The number of hydrogen-bond donors (Lipinski definition) is 2. The van der Waals surface area contributed by atoms with Crippen LogP contribution in [0.5, 0.6) is 0 Å². The molecule has 2 unspecified atom stereocenters. The van der Waals surface area contributed by atoms with E-state index in [0.717, 1.165) is 10.4 Å². The Morgan fingerprint density at radius 3 is 2.44 bits per heavy atom. The van der Waals surface area contributed by atoms with Gasteiger partial charge in [0.15, 0.2) is 0 Å². The molecule has 0 saturated heterocycles. The van der Waals surface area contributed by atoms with Gasteiger partial charge >= 0.3 is 0 Å². The third-order valence-corrected chi connectivity index (χ3v) is 3.64. The van der Waals surface area contributed by atoms with E-state index in [0.29, 0.717) is 6.54 Å². The lowest BCUT2D eigenvalue weighted by Gasteiger charge is -2.20. The molecule has 3 heteroatoms. The minimum Gasteiger partial charge on any atom is -0.387 e. The number of hydrogen-bond acceptors (Lipinski definition) is 3. The Morgan fingerprint density at radius 1 is 1.12 bits per heavy atom. The van der Waals surface area contributed by atoms with Gasteiger partial charge in [-0.3, -0.25) is 0 Å². The second-order valence-electron chi connectivity index (χ2n) is 3.71. The van der Waals surface area contributed by atoms with Crippen LogP contribution in [0.2, 0.25) is 0 Å². The quantitative estimate of drug-likeness (QED) is 0.852. The van der Waals surface area contributed by atoms with Gasteiger partial charge in [-0.05, 0) is 17.0 Å². The second kappa shape index (κ2) is 5.25. The van der Waals surface area contributed by atoms with Gasteiger partial charge in [0.1, 0.15) is 0 Å². The van der Waals surface area contributed by atoms with Crippen molar-refractivity contribution in [3.63, 3.8) is 0 Å². The van der Waals surface area contributed by atoms with Crippen molar-refractivity contribution in [2.24, 2.45) is 5.73 Å². The first kappa shape index (κ1) is 11.3. The summed E-state index contributed by atoms with van der Waals surface area (Å²) in [6, 6.07) is 13.8. The van der Waals surface area contributed by atoms with Gasteiger partial charge in [0.25, 0.3) is 0 Å². The van der Waals surface area contributed by atoms with Crippen LogP contribution in [0.4, 0.5) is 0 Å². The van der Waals surface area contributed by atoms with E-state index in [1.807, 2.05) is 47.8 Å². The lowest BCUT2D eigenvalue weighted by molar-refractivity contribution is 0.151. The van der Waals surface area contributed by atoms with Crippen molar-refractivity contribution in [1.29, 1.82) is 0 Å². The Kier molecular flexibility index (Phi) is 3.72. The largest absolute Gasteiger partial charge is 0.387 e. The lowest BCUT2D eigenvalue weighted by atomic mass is 9.93. The van der Waals surface area contributed by atoms with Gasteiger partial charge in [0, 0.05) is 17.3 Å². The maximum atomic E-state index is 10.3. The highest BCUT2D eigenvalue weighted by Gasteiger charge is 2.21. The van der Waals surface area contributed by atoms with E-state index in [-0.39, 0.29) is 5.92 Å². The zero-order valence-electron chi connectivity index (χ0n) is 8.91. The summed E-state index contributed by atoms with van der Waals surface area (Å²) in [5, 5.41) is 12.2. The average Bonchev–Trinajstić information content (AvgIpc) is 2.85. The van der Waals surface area contributed by atoms with Gasteiger partial charge < -0.3 is 10.8 Å². The van der Waals surface area contributed by atoms with Gasteiger partial charge in [-0.1, -0.05) is 36.4 Å². The minimum atomic E-state index is -0.507. The van der Waals surface area contributed by atoms with Crippen molar-refractivity contribution < 1.29 is 5.11 Å². The Morgan fingerprint density at radius 2 is 1.88 bits per heavy atom. The van der Waals surface area contributed by atoms with Crippen LogP contribution in [-0.2, 0) is 0 Å². The molecule has 0 aliphatic carbocycles. The van der Waals surface area contributed by atoms with E-state index >= 15 is 0 Å². The fourth-order valence-corrected chi connectivity index (χ4v) is 2.58. The van der Waals surface area contributed by atoms with Crippen LogP contribution in [0.15, 0.2) is 47.8 Å². The fourth-order valence-electron chi connectivity index (χ4n) is 1.81. The summed E-state index contributed by atoms with van der Waals surface area (Å²) in [4.78, 5) is 0.972. The molecule has 16 heavy (non-hydrogen) atoms. The first-order chi connectivity index (χ1) is 7.83. The molecule has 0 aliphatic rings. The third kappa shape index (κ3) is 2.32. The van der Waals surface area contributed by atoms with E-state index < -0.39 is 6.10 Å². The van der Waals surface area contributed by atoms with Crippen LogP contribution in [0.3, 0.4) is 0 Å². The molecule has 1 heterocycles. The molecule has 2 aromatic rings. The zero-order chi connectivity index (χ0) is 11.4. The monoisotopic (exact) mass is 233 g/mol. The van der Waals surface area contributed by atoms with Gasteiger partial charge in [-0.15, -0.1) is 11.3 Å². The molecule has 2 rings (SSSR count). The van der Waals surface area contributed by atoms with Gasteiger partial charge in [-0.25, -0.2) is 0 Å². The lowest BCUT2D eigenvalue weighted by Crippen LogP contribution is -2.19. The topological polar surface area (TPSA) is 46.2 Å². The highest BCUT2D eigenvalue weighted by molar-refractivity contribution is 7.10.